The highest BCUT2D eigenvalue weighted by atomic mass is 16.3. The second-order valence-corrected chi connectivity index (χ2v) is 5.04. The fourth-order valence-corrected chi connectivity index (χ4v) is 2.70. The van der Waals surface area contributed by atoms with E-state index in [1.165, 1.54) is 0 Å². The van der Waals surface area contributed by atoms with E-state index >= 15 is 0 Å². The third-order valence-electron chi connectivity index (χ3n) is 3.74. The van der Waals surface area contributed by atoms with Gasteiger partial charge >= 0.3 is 0 Å². The van der Waals surface area contributed by atoms with Crippen molar-refractivity contribution in [3.05, 3.63) is 42.2 Å². The van der Waals surface area contributed by atoms with Gasteiger partial charge in [-0.3, -0.25) is 9.48 Å². The first-order chi connectivity index (χ1) is 9.68. The van der Waals surface area contributed by atoms with Gasteiger partial charge in [-0.05, 0) is 37.5 Å². The molecular weight excluding hydrogens is 254 g/mol. The summed E-state index contributed by atoms with van der Waals surface area (Å²) < 4.78 is 1.64. The van der Waals surface area contributed by atoms with Crippen LogP contribution in [0.2, 0.25) is 0 Å². The van der Waals surface area contributed by atoms with E-state index in [-0.39, 0.29) is 17.7 Å². The van der Waals surface area contributed by atoms with Gasteiger partial charge in [0.15, 0.2) is 0 Å². The number of carbonyl (C=O) groups excluding carboxylic acids is 1. The van der Waals surface area contributed by atoms with Crippen LogP contribution in [0.3, 0.4) is 0 Å². The number of aryl methyl sites for hydroxylation is 1. The van der Waals surface area contributed by atoms with E-state index in [9.17, 15) is 9.90 Å². The summed E-state index contributed by atoms with van der Waals surface area (Å²) >= 11 is 0. The fourth-order valence-electron chi connectivity index (χ4n) is 2.70. The zero-order valence-corrected chi connectivity index (χ0v) is 11.4. The highest BCUT2D eigenvalue weighted by Gasteiger charge is 2.29. The van der Waals surface area contributed by atoms with Gasteiger partial charge in [-0.2, -0.15) is 5.10 Å². The molecule has 2 aromatic rings. The number of amides is 1. The predicted octanol–water partition coefficient (Wildman–Crippen LogP) is 2.13. The van der Waals surface area contributed by atoms with Crippen molar-refractivity contribution in [2.45, 2.75) is 25.8 Å². The second-order valence-electron chi connectivity index (χ2n) is 5.04. The van der Waals surface area contributed by atoms with Crippen molar-refractivity contribution in [3.63, 3.8) is 0 Å². The van der Waals surface area contributed by atoms with E-state index in [1.807, 2.05) is 19.1 Å². The van der Waals surface area contributed by atoms with Gasteiger partial charge < -0.3 is 10.0 Å². The maximum Gasteiger partial charge on any atom is 0.251 e. The van der Waals surface area contributed by atoms with Gasteiger partial charge in [-0.1, -0.05) is 12.1 Å². The van der Waals surface area contributed by atoms with Gasteiger partial charge in [0, 0.05) is 18.9 Å². The Morgan fingerprint density at radius 2 is 2.25 bits per heavy atom. The summed E-state index contributed by atoms with van der Waals surface area (Å²) in [7, 11) is 0. The first-order valence-electron chi connectivity index (χ1n) is 6.80. The zero-order chi connectivity index (χ0) is 14.1. The highest BCUT2D eigenvalue weighted by Crippen LogP contribution is 2.36. The molecule has 0 bridgehead atoms. The van der Waals surface area contributed by atoms with Crippen molar-refractivity contribution in [2.75, 3.05) is 11.4 Å². The molecule has 1 unspecified atom stereocenters. The Morgan fingerprint density at radius 1 is 1.40 bits per heavy atom. The van der Waals surface area contributed by atoms with Crippen LogP contribution in [0.1, 0.15) is 24.9 Å². The molecule has 0 saturated heterocycles. The number of fused-ring (bicyclic) bond motifs is 1. The van der Waals surface area contributed by atoms with Gasteiger partial charge in [-0.25, -0.2) is 0 Å². The molecular formula is C15H17N3O2. The third kappa shape index (κ3) is 2.05. The molecule has 0 fully saturated rings. The van der Waals surface area contributed by atoms with Gasteiger partial charge in [0.05, 0.1) is 5.69 Å². The topological polar surface area (TPSA) is 58.4 Å². The average Bonchev–Trinajstić information content (AvgIpc) is 2.99. The first kappa shape index (κ1) is 12.7. The number of benzene rings is 1. The van der Waals surface area contributed by atoms with E-state index in [4.69, 9.17) is 0 Å². The first-order valence-corrected chi connectivity index (χ1v) is 6.80. The van der Waals surface area contributed by atoms with Crippen LogP contribution in [0, 0.1) is 0 Å². The summed E-state index contributed by atoms with van der Waals surface area (Å²) in [6.07, 6.45) is 5.24. The van der Waals surface area contributed by atoms with Crippen molar-refractivity contribution in [3.8, 4) is 5.75 Å². The number of anilines is 1. The Kier molecular flexibility index (Phi) is 3.18. The molecule has 3 rings (SSSR count). The molecule has 0 spiro atoms. The Morgan fingerprint density at radius 3 is 3.00 bits per heavy atom. The number of carbonyl (C=O) groups is 1. The van der Waals surface area contributed by atoms with Crippen LogP contribution >= 0.6 is 0 Å². The molecule has 1 amide bonds. The maximum absolute atomic E-state index is 12.7. The lowest BCUT2D eigenvalue weighted by atomic mass is 10.0. The van der Waals surface area contributed by atoms with Gasteiger partial charge in [0.1, 0.15) is 11.8 Å². The number of rotatable bonds is 2. The van der Waals surface area contributed by atoms with E-state index < -0.39 is 0 Å². The smallest absolute Gasteiger partial charge is 0.251 e. The van der Waals surface area contributed by atoms with Crippen molar-refractivity contribution in [2.24, 2.45) is 0 Å². The summed E-state index contributed by atoms with van der Waals surface area (Å²) in [6, 6.07) is 6.83. The standard InChI is InChI=1S/C15H17N3O2/c1-11(18-10-4-8-16-18)15(20)17-9-3-6-12-5-2-7-13(19)14(12)17/h2,4-5,7-8,10-11,19H,3,6,9H2,1H3. The SMILES string of the molecule is CC(C(=O)N1CCCc2cccc(O)c21)n1cccn1. The number of nitrogens with zero attached hydrogens (tertiary/aromatic N) is 3. The molecule has 1 atom stereocenters. The molecule has 20 heavy (non-hydrogen) atoms. The number of aromatic nitrogens is 2. The summed E-state index contributed by atoms with van der Waals surface area (Å²) in [6.45, 7) is 2.46. The predicted molar refractivity (Wildman–Crippen MR) is 75.7 cm³/mol. The van der Waals surface area contributed by atoms with Crippen LogP contribution < -0.4 is 4.90 Å². The molecule has 104 valence electrons. The van der Waals surface area contributed by atoms with E-state index in [1.54, 1.807) is 34.1 Å². The van der Waals surface area contributed by atoms with Crippen molar-refractivity contribution in [1.29, 1.82) is 0 Å². The Bertz CT molecular complexity index is 622. The van der Waals surface area contributed by atoms with Crippen LogP contribution in [-0.4, -0.2) is 27.3 Å². The quantitative estimate of drug-likeness (QED) is 0.910. The molecule has 1 N–H and O–H groups in total. The molecule has 0 saturated carbocycles. The largest absolute Gasteiger partial charge is 0.506 e. The Balaban J connectivity index is 1.95. The summed E-state index contributed by atoms with van der Waals surface area (Å²) in [5.41, 5.74) is 1.68. The number of aromatic hydroxyl groups is 1. The molecule has 5 nitrogen and oxygen atoms in total. The third-order valence-corrected chi connectivity index (χ3v) is 3.74. The summed E-state index contributed by atoms with van der Waals surface area (Å²) in [5, 5.41) is 14.2. The lowest BCUT2D eigenvalue weighted by Gasteiger charge is -2.32. The molecule has 1 aromatic heterocycles. The zero-order valence-electron chi connectivity index (χ0n) is 11.4. The minimum Gasteiger partial charge on any atom is -0.506 e. The van der Waals surface area contributed by atoms with Gasteiger partial charge in [0.25, 0.3) is 5.91 Å². The molecule has 1 aromatic carbocycles. The Labute approximate surface area is 117 Å². The van der Waals surface area contributed by atoms with E-state index in [0.717, 1.165) is 18.4 Å². The van der Waals surface area contributed by atoms with Gasteiger partial charge in [-0.15, -0.1) is 0 Å². The normalized spacial score (nSPS) is 15.8. The maximum atomic E-state index is 12.7. The van der Waals surface area contributed by atoms with Crippen LogP contribution in [0.4, 0.5) is 5.69 Å². The molecule has 1 aliphatic rings. The van der Waals surface area contributed by atoms with Crippen LogP contribution in [0.25, 0.3) is 0 Å². The molecule has 5 heteroatoms. The van der Waals surface area contributed by atoms with Gasteiger partial charge in [0.2, 0.25) is 0 Å². The molecule has 0 aliphatic carbocycles. The molecule has 2 heterocycles. The Hall–Kier alpha value is -2.30. The number of para-hydroxylation sites is 1. The average molecular weight is 271 g/mol. The monoisotopic (exact) mass is 271 g/mol. The van der Waals surface area contributed by atoms with Crippen LogP contribution in [-0.2, 0) is 11.2 Å². The second kappa shape index (κ2) is 5.00. The van der Waals surface area contributed by atoms with Crippen LogP contribution in [0.15, 0.2) is 36.7 Å². The number of phenols is 1. The summed E-state index contributed by atoms with van der Waals surface area (Å²) in [5.74, 6) is 0.124. The van der Waals surface area contributed by atoms with Crippen LogP contribution in [0.5, 0.6) is 5.75 Å². The summed E-state index contributed by atoms with van der Waals surface area (Å²) in [4.78, 5) is 14.3. The number of hydrogen-bond donors (Lipinski definition) is 1. The fraction of sp³-hybridized carbons (Fsp3) is 0.333. The highest BCUT2D eigenvalue weighted by molar-refractivity contribution is 5.98. The number of hydrogen-bond acceptors (Lipinski definition) is 3. The van der Waals surface area contributed by atoms with Crippen molar-refractivity contribution >= 4 is 11.6 Å². The van der Waals surface area contributed by atoms with E-state index in [2.05, 4.69) is 5.10 Å². The minimum absolute atomic E-state index is 0.0452. The number of phenolic OH excluding ortho intramolecular Hbond substituents is 1. The lowest BCUT2D eigenvalue weighted by molar-refractivity contribution is -0.121. The minimum atomic E-state index is -0.379. The molecule has 0 radical (unpaired) electrons. The van der Waals surface area contributed by atoms with Crippen molar-refractivity contribution in [1.82, 2.24) is 9.78 Å². The van der Waals surface area contributed by atoms with E-state index in [0.29, 0.717) is 12.2 Å². The lowest BCUT2D eigenvalue weighted by Crippen LogP contribution is -2.39. The molecule has 1 aliphatic heterocycles. The van der Waals surface area contributed by atoms with Crippen molar-refractivity contribution < 1.29 is 9.90 Å².